The summed E-state index contributed by atoms with van der Waals surface area (Å²) in [6.07, 6.45) is -0.799. The van der Waals surface area contributed by atoms with Gasteiger partial charge in [0.25, 0.3) is 5.56 Å². The first-order valence-corrected chi connectivity index (χ1v) is 7.51. The van der Waals surface area contributed by atoms with E-state index in [2.05, 4.69) is 4.98 Å². The van der Waals surface area contributed by atoms with Gasteiger partial charge in [0, 0.05) is 12.3 Å². The van der Waals surface area contributed by atoms with Gasteiger partial charge in [-0.05, 0) is 13.8 Å². The van der Waals surface area contributed by atoms with E-state index >= 15 is 0 Å². The van der Waals surface area contributed by atoms with Crippen molar-refractivity contribution in [2.24, 2.45) is 0 Å². The van der Waals surface area contributed by atoms with E-state index in [1.54, 1.807) is 6.92 Å². The van der Waals surface area contributed by atoms with Gasteiger partial charge in [0.1, 0.15) is 17.3 Å². The zero-order valence-corrected chi connectivity index (χ0v) is 12.4. The molecule has 2 fully saturated rings. The zero-order chi connectivity index (χ0) is 15.4. The molecule has 2 aliphatic heterocycles. The lowest BCUT2D eigenvalue weighted by molar-refractivity contribution is -0.125. The van der Waals surface area contributed by atoms with E-state index in [0.717, 1.165) is 10.6 Å². The number of rotatable bonds is 1. The van der Waals surface area contributed by atoms with Crippen LogP contribution in [-0.4, -0.2) is 38.6 Å². The summed E-state index contributed by atoms with van der Waals surface area (Å²) >= 11 is 0. The van der Waals surface area contributed by atoms with Gasteiger partial charge < -0.3 is 18.9 Å². The van der Waals surface area contributed by atoms with E-state index in [-0.39, 0.29) is 6.61 Å². The molecule has 10 heteroatoms. The molecule has 1 unspecified atom stereocenters. The number of ether oxygens (including phenoxy) is 1. The van der Waals surface area contributed by atoms with E-state index in [4.69, 9.17) is 13.8 Å². The number of aliphatic hydroxyl groups is 1. The lowest BCUT2D eigenvalue weighted by atomic mass is 9.89. The number of hydrogen-bond donors (Lipinski definition) is 2. The van der Waals surface area contributed by atoms with Crippen LogP contribution >= 0.6 is 8.25 Å². The summed E-state index contributed by atoms with van der Waals surface area (Å²) < 4.78 is 28.4. The molecule has 2 saturated heterocycles. The molecule has 0 aliphatic carbocycles. The Morgan fingerprint density at radius 3 is 2.86 bits per heavy atom. The first-order chi connectivity index (χ1) is 9.74. The Labute approximate surface area is 119 Å². The van der Waals surface area contributed by atoms with Gasteiger partial charge in [-0.3, -0.25) is 18.9 Å². The summed E-state index contributed by atoms with van der Waals surface area (Å²) in [4.78, 5) is 25.1. The molecule has 0 saturated carbocycles. The van der Waals surface area contributed by atoms with Crippen LogP contribution < -0.4 is 11.2 Å². The van der Waals surface area contributed by atoms with E-state index in [0.29, 0.717) is 0 Å². The minimum atomic E-state index is -2.71. The number of aromatic nitrogens is 2. The van der Waals surface area contributed by atoms with Crippen LogP contribution in [0.3, 0.4) is 0 Å². The van der Waals surface area contributed by atoms with Gasteiger partial charge in [0.2, 0.25) is 0 Å². The van der Waals surface area contributed by atoms with Gasteiger partial charge in [-0.25, -0.2) is 4.79 Å². The van der Waals surface area contributed by atoms with Crippen molar-refractivity contribution < 1.29 is 23.5 Å². The summed E-state index contributed by atoms with van der Waals surface area (Å²) in [7, 11) is -2.71. The highest BCUT2D eigenvalue weighted by atomic mass is 31.1. The van der Waals surface area contributed by atoms with Crippen molar-refractivity contribution in [1.82, 2.24) is 9.55 Å². The molecule has 0 radical (unpaired) electrons. The topological polar surface area (TPSA) is 120 Å². The third-order valence-electron chi connectivity index (χ3n) is 3.76. The monoisotopic (exact) mass is 318 g/mol. The fourth-order valence-corrected chi connectivity index (χ4v) is 3.97. The van der Waals surface area contributed by atoms with Crippen molar-refractivity contribution in [3.63, 3.8) is 0 Å². The Balaban J connectivity index is 2.07. The van der Waals surface area contributed by atoms with Crippen LogP contribution in [0.4, 0.5) is 0 Å². The molecule has 1 aromatic rings. The van der Waals surface area contributed by atoms with E-state index in [9.17, 15) is 19.3 Å². The molecule has 0 amide bonds. The Bertz CT molecular complexity index is 711. The van der Waals surface area contributed by atoms with Gasteiger partial charge in [-0.1, -0.05) is 0 Å². The molecule has 5 atom stereocenters. The molecular formula is C11H15N2O7P. The van der Waals surface area contributed by atoms with Crippen molar-refractivity contribution in [2.45, 2.75) is 37.4 Å². The maximum Gasteiger partial charge on any atom is 0.330 e. The minimum Gasteiger partial charge on any atom is -0.383 e. The van der Waals surface area contributed by atoms with Crippen LogP contribution in [0.15, 0.2) is 21.9 Å². The molecule has 9 nitrogen and oxygen atoms in total. The molecule has 3 heterocycles. The Kier molecular flexibility index (Phi) is 3.23. The zero-order valence-electron chi connectivity index (χ0n) is 11.4. The molecule has 21 heavy (non-hydrogen) atoms. The van der Waals surface area contributed by atoms with Crippen molar-refractivity contribution in [3.05, 3.63) is 33.1 Å². The largest absolute Gasteiger partial charge is 0.383 e. The summed E-state index contributed by atoms with van der Waals surface area (Å²) in [6.45, 7) is 3.03. The van der Waals surface area contributed by atoms with Crippen molar-refractivity contribution in [1.29, 1.82) is 0 Å². The number of nitrogens with zero attached hydrogens (tertiary/aromatic N) is 1. The van der Waals surface area contributed by atoms with Gasteiger partial charge >= 0.3 is 13.9 Å². The predicted molar refractivity (Wildman–Crippen MR) is 70.3 cm³/mol. The average molecular weight is 318 g/mol. The third-order valence-corrected chi connectivity index (χ3v) is 4.57. The van der Waals surface area contributed by atoms with E-state index in [1.807, 2.05) is 0 Å². The molecule has 1 aromatic heterocycles. The van der Waals surface area contributed by atoms with Crippen LogP contribution in [0.25, 0.3) is 0 Å². The van der Waals surface area contributed by atoms with Crippen LogP contribution in [0.1, 0.15) is 20.1 Å². The van der Waals surface area contributed by atoms with Crippen molar-refractivity contribution in [3.8, 4) is 0 Å². The molecule has 116 valence electrons. The number of aromatic amines is 1. The fourth-order valence-electron chi connectivity index (χ4n) is 2.82. The molecule has 2 aliphatic rings. The molecule has 2 N–H and O–H groups in total. The quantitative estimate of drug-likeness (QED) is 0.662. The maximum atomic E-state index is 11.9. The highest BCUT2D eigenvalue weighted by Gasteiger charge is 2.63. The number of fused-ring (bicyclic) bond motifs is 1. The Morgan fingerprint density at radius 2 is 2.19 bits per heavy atom. The lowest BCUT2D eigenvalue weighted by Gasteiger charge is -2.36. The number of nitrogens with one attached hydrogen (secondary N) is 1. The smallest absolute Gasteiger partial charge is 0.330 e. The van der Waals surface area contributed by atoms with Crippen LogP contribution in [0.2, 0.25) is 0 Å². The third kappa shape index (κ3) is 2.21. The molecule has 0 bridgehead atoms. The fraction of sp³-hybridized carbons (Fsp3) is 0.636. The summed E-state index contributed by atoms with van der Waals surface area (Å²) in [5.41, 5.74) is -3.95. The minimum absolute atomic E-state index is 0.0276. The maximum absolute atomic E-state index is 11.9. The highest BCUT2D eigenvalue weighted by molar-refractivity contribution is 7.33. The summed E-state index contributed by atoms with van der Waals surface area (Å²) in [6, 6.07) is 1.14. The second-order valence-electron chi connectivity index (χ2n) is 5.56. The van der Waals surface area contributed by atoms with Crippen LogP contribution in [0.5, 0.6) is 0 Å². The normalized spacial score (nSPS) is 42.7. The number of hydrogen-bond acceptors (Lipinski definition) is 7. The molecular weight excluding hydrogens is 303 g/mol. The van der Waals surface area contributed by atoms with Gasteiger partial charge in [-0.2, -0.15) is 0 Å². The molecule has 0 aromatic carbocycles. The second kappa shape index (κ2) is 4.62. The highest BCUT2D eigenvalue weighted by Crippen LogP contribution is 2.52. The van der Waals surface area contributed by atoms with E-state index < -0.39 is 43.0 Å². The van der Waals surface area contributed by atoms with Crippen LogP contribution in [-0.2, 0) is 18.3 Å². The van der Waals surface area contributed by atoms with Gasteiger partial charge in [0.05, 0.1) is 6.61 Å². The molecule has 3 rings (SSSR count). The molecule has 0 spiro atoms. The van der Waals surface area contributed by atoms with Crippen molar-refractivity contribution in [2.75, 3.05) is 6.61 Å². The first-order valence-electron chi connectivity index (χ1n) is 6.29. The average Bonchev–Trinajstić information content (AvgIpc) is 2.59. The number of H-pyrrole nitrogens is 1. The Hall–Kier alpha value is -1.25. The lowest BCUT2D eigenvalue weighted by Crippen LogP contribution is -2.52. The van der Waals surface area contributed by atoms with Crippen molar-refractivity contribution >= 4 is 8.25 Å². The van der Waals surface area contributed by atoms with Gasteiger partial charge in [0.15, 0.2) is 6.23 Å². The van der Waals surface area contributed by atoms with Gasteiger partial charge in [-0.15, -0.1) is 0 Å². The SMILES string of the molecule is C[C@]1(O)[C@H](n2ccc(=O)[nH]c2=O)O[C@]2(C)CO[PH](=O)O[C@@H]12. The summed E-state index contributed by atoms with van der Waals surface area (Å²) in [5, 5.41) is 10.7. The summed E-state index contributed by atoms with van der Waals surface area (Å²) in [5.74, 6) is 0. The van der Waals surface area contributed by atoms with Crippen LogP contribution in [0, 0.1) is 0 Å². The standard InChI is InChI=1S/C11H15N2O7P/c1-10-5-18-21(17)20-7(10)11(2,16)8(19-10)13-4-3-6(14)12-9(13)15/h3-4,7-8,16,21H,5H2,1-2H3,(H,12,14,15)/t7-,8-,10-,11-/m1/s1. The predicted octanol–water partition coefficient (Wildman–Crippen LogP) is -0.620. The second-order valence-corrected chi connectivity index (χ2v) is 6.59. The first kappa shape index (κ1) is 14.7. The Morgan fingerprint density at radius 1 is 1.48 bits per heavy atom. The van der Waals surface area contributed by atoms with E-state index in [1.165, 1.54) is 13.1 Å².